The Balaban J connectivity index is 2.39. The van der Waals surface area contributed by atoms with E-state index in [0.29, 0.717) is 0 Å². The van der Waals surface area contributed by atoms with Crippen molar-refractivity contribution in [2.75, 3.05) is 6.54 Å². The van der Waals surface area contributed by atoms with Crippen LogP contribution in [0.15, 0.2) is 12.3 Å². The van der Waals surface area contributed by atoms with Crippen LogP contribution in [0, 0.1) is 6.92 Å². The monoisotopic (exact) mass is 290 g/mol. The van der Waals surface area contributed by atoms with Gasteiger partial charge in [0.15, 0.2) is 0 Å². The highest BCUT2D eigenvalue weighted by atomic mass is 15.4. The Bertz CT molecular complexity index is 556. The number of hydrogen-bond donors (Lipinski definition) is 1. The minimum atomic E-state index is 0.0904. The summed E-state index contributed by atoms with van der Waals surface area (Å²) in [6, 6.07) is 2.24. The molecule has 0 aliphatic carbocycles. The third kappa shape index (κ3) is 3.50. The van der Waals surface area contributed by atoms with E-state index in [4.69, 9.17) is 0 Å². The molecule has 0 saturated heterocycles. The molecule has 0 aliphatic rings. The summed E-state index contributed by atoms with van der Waals surface area (Å²) in [6.45, 7) is 11.2. The zero-order valence-electron chi connectivity index (χ0n) is 13.5. The predicted molar refractivity (Wildman–Crippen MR) is 83.1 cm³/mol. The molecular weight excluding hydrogens is 264 g/mol. The maximum absolute atomic E-state index is 4.57. The van der Waals surface area contributed by atoms with Gasteiger partial charge < -0.3 is 5.32 Å². The lowest BCUT2D eigenvalue weighted by Gasteiger charge is -2.20. The van der Waals surface area contributed by atoms with Crippen LogP contribution in [0.1, 0.15) is 56.7 Å². The molecule has 0 aromatic carbocycles. The molecule has 2 heterocycles. The van der Waals surface area contributed by atoms with Gasteiger partial charge in [-0.1, -0.05) is 19.1 Å². The van der Waals surface area contributed by atoms with Crippen LogP contribution in [0.5, 0.6) is 0 Å². The summed E-state index contributed by atoms with van der Waals surface area (Å²) in [6.07, 6.45) is 4.00. The van der Waals surface area contributed by atoms with Crippen molar-refractivity contribution >= 4 is 0 Å². The van der Waals surface area contributed by atoms with Crippen molar-refractivity contribution in [1.82, 2.24) is 30.1 Å². The van der Waals surface area contributed by atoms with Crippen LogP contribution in [-0.4, -0.2) is 31.3 Å². The quantitative estimate of drug-likeness (QED) is 0.810. The van der Waals surface area contributed by atoms with Gasteiger partial charge in [-0.05, 0) is 39.3 Å². The fourth-order valence-corrected chi connectivity index (χ4v) is 2.58. The van der Waals surface area contributed by atoms with E-state index in [1.165, 1.54) is 5.69 Å². The maximum Gasteiger partial charge on any atom is 0.0935 e. The van der Waals surface area contributed by atoms with Crippen molar-refractivity contribution in [1.29, 1.82) is 0 Å². The Morgan fingerprint density at radius 1 is 1.14 bits per heavy atom. The van der Waals surface area contributed by atoms with E-state index in [0.717, 1.165) is 43.9 Å². The molecule has 1 atom stereocenters. The number of nitrogens with zero attached hydrogens (tertiary/aromatic N) is 5. The molecule has 0 bridgehead atoms. The number of aryl methyl sites for hydroxylation is 3. The fourth-order valence-electron chi connectivity index (χ4n) is 2.58. The lowest BCUT2D eigenvalue weighted by molar-refractivity contribution is 0.477. The third-order valence-electron chi connectivity index (χ3n) is 3.51. The topological polar surface area (TPSA) is 60.6 Å². The third-order valence-corrected chi connectivity index (χ3v) is 3.51. The minimum Gasteiger partial charge on any atom is -0.304 e. The van der Waals surface area contributed by atoms with Crippen LogP contribution in [-0.2, 0) is 13.1 Å². The van der Waals surface area contributed by atoms with E-state index in [1.54, 1.807) is 0 Å². The summed E-state index contributed by atoms with van der Waals surface area (Å²) >= 11 is 0. The molecule has 2 aromatic heterocycles. The molecule has 1 N–H and O–H groups in total. The first-order valence-corrected chi connectivity index (χ1v) is 7.87. The molecule has 0 saturated carbocycles. The number of hydrogen-bond acceptors (Lipinski definition) is 4. The predicted octanol–water partition coefficient (Wildman–Crippen LogP) is 2.30. The number of rotatable bonds is 8. The Kier molecular flexibility index (Phi) is 5.50. The summed E-state index contributed by atoms with van der Waals surface area (Å²) in [5, 5.41) is 16.5. The second-order valence-electron chi connectivity index (χ2n) is 5.30. The van der Waals surface area contributed by atoms with Crippen LogP contribution in [0.25, 0.3) is 0 Å². The van der Waals surface area contributed by atoms with Gasteiger partial charge in [-0.15, -0.1) is 5.10 Å². The van der Waals surface area contributed by atoms with Crippen molar-refractivity contribution in [3.63, 3.8) is 0 Å². The van der Waals surface area contributed by atoms with Gasteiger partial charge in [0, 0.05) is 13.1 Å². The molecular formula is C15H26N6. The van der Waals surface area contributed by atoms with Crippen molar-refractivity contribution < 1.29 is 0 Å². The van der Waals surface area contributed by atoms with Gasteiger partial charge in [0.1, 0.15) is 0 Å². The first-order chi connectivity index (χ1) is 10.2. The van der Waals surface area contributed by atoms with Crippen LogP contribution in [0.3, 0.4) is 0 Å². The molecule has 2 aromatic rings. The Labute approximate surface area is 126 Å². The number of nitrogens with one attached hydrogen (secondary N) is 1. The highest BCUT2D eigenvalue weighted by molar-refractivity contribution is 5.22. The largest absolute Gasteiger partial charge is 0.304 e. The first-order valence-electron chi connectivity index (χ1n) is 7.87. The first kappa shape index (κ1) is 15.7. The number of aromatic nitrogens is 5. The van der Waals surface area contributed by atoms with Gasteiger partial charge in [-0.25, -0.2) is 4.68 Å². The Hall–Kier alpha value is -1.69. The molecule has 2 rings (SSSR count). The Morgan fingerprint density at radius 2 is 1.95 bits per heavy atom. The van der Waals surface area contributed by atoms with E-state index in [2.05, 4.69) is 52.2 Å². The summed E-state index contributed by atoms with van der Waals surface area (Å²) in [5.41, 5.74) is 3.34. The summed E-state index contributed by atoms with van der Waals surface area (Å²) in [7, 11) is 0. The van der Waals surface area contributed by atoms with Crippen LogP contribution in [0.4, 0.5) is 0 Å². The maximum atomic E-state index is 4.57. The van der Waals surface area contributed by atoms with E-state index in [9.17, 15) is 0 Å². The van der Waals surface area contributed by atoms with E-state index in [-0.39, 0.29) is 6.04 Å². The smallest absolute Gasteiger partial charge is 0.0935 e. The second kappa shape index (κ2) is 7.36. The summed E-state index contributed by atoms with van der Waals surface area (Å²) in [5.74, 6) is 0. The average molecular weight is 290 g/mol. The van der Waals surface area contributed by atoms with Crippen LogP contribution < -0.4 is 5.32 Å². The minimum absolute atomic E-state index is 0.0904. The van der Waals surface area contributed by atoms with E-state index < -0.39 is 0 Å². The highest BCUT2D eigenvalue weighted by Gasteiger charge is 2.22. The van der Waals surface area contributed by atoms with Gasteiger partial charge in [0.2, 0.25) is 0 Å². The SMILES string of the molecule is CCCNC(c1cnnn1CCC)c1cc(C)nn1CC. The zero-order chi connectivity index (χ0) is 15.2. The molecule has 6 heteroatoms. The van der Waals surface area contributed by atoms with Crippen molar-refractivity contribution in [3.8, 4) is 0 Å². The van der Waals surface area contributed by atoms with Crippen molar-refractivity contribution in [2.24, 2.45) is 0 Å². The molecule has 116 valence electrons. The average Bonchev–Trinajstić information content (AvgIpc) is 3.07. The van der Waals surface area contributed by atoms with Gasteiger partial charge in [0.05, 0.1) is 29.3 Å². The molecule has 0 radical (unpaired) electrons. The Morgan fingerprint density at radius 3 is 2.62 bits per heavy atom. The lowest BCUT2D eigenvalue weighted by Crippen LogP contribution is -2.28. The molecule has 0 fully saturated rings. The highest BCUT2D eigenvalue weighted by Crippen LogP contribution is 2.22. The van der Waals surface area contributed by atoms with Gasteiger partial charge in [-0.3, -0.25) is 4.68 Å². The fraction of sp³-hybridized carbons (Fsp3) is 0.667. The van der Waals surface area contributed by atoms with E-state index >= 15 is 0 Å². The molecule has 21 heavy (non-hydrogen) atoms. The van der Waals surface area contributed by atoms with Gasteiger partial charge in [-0.2, -0.15) is 5.10 Å². The molecule has 0 aliphatic heterocycles. The lowest BCUT2D eigenvalue weighted by atomic mass is 10.1. The summed E-state index contributed by atoms with van der Waals surface area (Å²) < 4.78 is 4.06. The normalized spacial score (nSPS) is 12.8. The van der Waals surface area contributed by atoms with E-state index in [1.807, 2.05) is 17.8 Å². The van der Waals surface area contributed by atoms with Gasteiger partial charge >= 0.3 is 0 Å². The molecule has 1 unspecified atom stereocenters. The molecule has 0 amide bonds. The molecule has 0 spiro atoms. The molecule has 6 nitrogen and oxygen atoms in total. The zero-order valence-corrected chi connectivity index (χ0v) is 13.5. The summed E-state index contributed by atoms with van der Waals surface area (Å²) in [4.78, 5) is 0. The second-order valence-corrected chi connectivity index (χ2v) is 5.30. The standard InChI is InChI=1S/C15H26N6/c1-5-8-16-15(13-10-12(4)18-20(13)7-3)14-11-17-19-21(14)9-6-2/h10-11,15-16H,5-9H2,1-4H3. The van der Waals surface area contributed by atoms with Crippen molar-refractivity contribution in [2.45, 2.75) is 59.7 Å². The van der Waals surface area contributed by atoms with Crippen LogP contribution in [0.2, 0.25) is 0 Å². The van der Waals surface area contributed by atoms with Gasteiger partial charge in [0.25, 0.3) is 0 Å². The van der Waals surface area contributed by atoms with Crippen LogP contribution >= 0.6 is 0 Å². The van der Waals surface area contributed by atoms with Crippen molar-refractivity contribution in [3.05, 3.63) is 29.3 Å².